The van der Waals surface area contributed by atoms with E-state index in [-0.39, 0.29) is 21.5 Å². The smallest absolute Gasteiger partial charge is 0.349 e. The summed E-state index contributed by atoms with van der Waals surface area (Å²) in [7, 11) is 0. The van der Waals surface area contributed by atoms with Crippen molar-refractivity contribution in [2.75, 3.05) is 0 Å². The fourth-order valence-corrected chi connectivity index (χ4v) is 4.95. The average molecular weight is 547 g/mol. The number of thiophene rings is 1. The summed E-state index contributed by atoms with van der Waals surface area (Å²) in [5.74, 6) is 0.602. The topological polar surface area (TPSA) is 137 Å². The Bertz CT molecular complexity index is 1910. The van der Waals surface area contributed by atoms with Gasteiger partial charge in [-0.2, -0.15) is 15.2 Å². The van der Waals surface area contributed by atoms with Crippen molar-refractivity contribution < 1.29 is 4.74 Å². The van der Waals surface area contributed by atoms with Crippen molar-refractivity contribution in [3.63, 3.8) is 0 Å². The number of pyridine rings is 1. The number of H-pyrrole nitrogens is 1. The molecule has 0 radical (unpaired) electrons. The molecular weight excluding hydrogens is 535 g/mol. The van der Waals surface area contributed by atoms with Gasteiger partial charge >= 0.3 is 5.69 Å². The van der Waals surface area contributed by atoms with Crippen LogP contribution in [0.4, 0.5) is 0 Å². The molecule has 0 aliphatic heterocycles. The Morgan fingerprint density at radius 3 is 2.46 bits per heavy atom. The number of benzene rings is 2. The number of halogens is 2. The van der Waals surface area contributed by atoms with Gasteiger partial charge in [-0.15, -0.1) is 16.4 Å². The van der Waals surface area contributed by atoms with Gasteiger partial charge in [-0.25, -0.2) is 9.78 Å². The van der Waals surface area contributed by atoms with Crippen molar-refractivity contribution >= 4 is 45.4 Å². The van der Waals surface area contributed by atoms with Gasteiger partial charge in [0.15, 0.2) is 5.75 Å². The second-order valence-electron chi connectivity index (χ2n) is 7.75. The summed E-state index contributed by atoms with van der Waals surface area (Å²) in [4.78, 5) is 32.1. The lowest BCUT2D eigenvalue weighted by Crippen LogP contribution is -2.33. The van der Waals surface area contributed by atoms with Crippen LogP contribution < -0.4 is 16.0 Å². The second-order valence-corrected chi connectivity index (χ2v) is 9.65. The maximum Gasteiger partial charge on any atom is 0.349 e. The van der Waals surface area contributed by atoms with E-state index >= 15 is 0 Å². The van der Waals surface area contributed by atoms with Crippen molar-refractivity contribution in [1.29, 1.82) is 10.5 Å². The highest BCUT2D eigenvalue weighted by Crippen LogP contribution is 2.39. The van der Waals surface area contributed by atoms with Crippen molar-refractivity contribution in [3.8, 4) is 39.9 Å². The van der Waals surface area contributed by atoms with Crippen molar-refractivity contribution in [3.05, 3.63) is 95.5 Å². The van der Waals surface area contributed by atoms with Crippen LogP contribution in [0.25, 0.3) is 27.2 Å². The molecule has 0 amide bonds. The normalized spacial score (nSPS) is 10.7. The lowest BCUT2D eigenvalue weighted by molar-refractivity contribution is 0.483. The summed E-state index contributed by atoms with van der Waals surface area (Å²) < 4.78 is 6.79. The van der Waals surface area contributed by atoms with Gasteiger partial charge in [0.1, 0.15) is 22.8 Å². The molecular formula is C25H12Cl2N6O3S. The predicted octanol–water partition coefficient (Wildman–Crippen LogP) is 5.35. The standard InChI is InChI=1S/C25H12Cl2N6O3S/c1-12-6-20(22-5-3-15(10-28)37-22)30-19-4-2-14(9-16(12)19)36-23-17(26)7-13(8-18(23)27)33-25(35)31-24(34)21(11-29)32-33/h2-9H,1H3,(H,31,34,35). The van der Waals surface area contributed by atoms with E-state index in [1.165, 1.54) is 23.5 Å². The Morgan fingerprint density at radius 2 is 1.78 bits per heavy atom. The minimum atomic E-state index is -0.892. The second kappa shape index (κ2) is 9.52. The number of aromatic amines is 1. The number of hydrogen-bond donors (Lipinski definition) is 1. The summed E-state index contributed by atoms with van der Waals surface area (Å²) in [6, 6.07) is 17.4. The maximum absolute atomic E-state index is 12.2. The van der Waals surface area contributed by atoms with Gasteiger partial charge in [0.2, 0.25) is 5.69 Å². The van der Waals surface area contributed by atoms with E-state index in [1.54, 1.807) is 18.2 Å². The van der Waals surface area contributed by atoms with Crippen LogP contribution in [0.15, 0.2) is 58.1 Å². The van der Waals surface area contributed by atoms with Gasteiger partial charge in [0.25, 0.3) is 5.56 Å². The van der Waals surface area contributed by atoms with E-state index in [9.17, 15) is 9.59 Å². The zero-order valence-electron chi connectivity index (χ0n) is 18.7. The first-order chi connectivity index (χ1) is 17.8. The number of fused-ring (bicyclic) bond motifs is 1. The number of rotatable bonds is 4. The highest BCUT2D eigenvalue weighted by Gasteiger charge is 2.16. The number of hydrogen-bond acceptors (Lipinski definition) is 8. The van der Waals surface area contributed by atoms with Crippen LogP contribution in [0.3, 0.4) is 0 Å². The van der Waals surface area contributed by atoms with Crippen LogP contribution in [-0.2, 0) is 0 Å². The van der Waals surface area contributed by atoms with Gasteiger partial charge in [-0.1, -0.05) is 23.2 Å². The van der Waals surface area contributed by atoms with Crippen LogP contribution in [0.5, 0.6) is 11.5 Å². The lowest BCUT2D eigenvalue weighted by atomic mass is 10.1. The molecule has 0 aliphatic carbocycles. The number of nitrogens with one attached hydrogen (secondary N) is 1. The molecule has 9 nitrogen and oxygen atoms in total. The molecule has 1 N–H and O–H groups in total. The predicted molar refractivity (Wildman–Crippen MR) is 140 cm³/mol. The molecule has 5 aromatic rings. The van der Waals surface area contributed by atoms with Gasteiger partial charge in [0.05, 0.1) is 31.8 Å². The Balaban J connectivity index is 1.49. The van der Waals surface area contributed by atoms with Crippen molar-refractivity contribution in [1.82, 2.24) is 19.7 Å². The molecule has 0 bridgehead atoms. The maximum atomic E-state index is 12.2. The molecule has 0 aliphatic rings. The number of ether oxygens (including phenoxy) is 1. The minimum Gasteiger partial charge on any atom is -0.454 e. The first kappa shape index (κ1) is 24.2. The van der Waals surface area contributed by atoms with E-state index in [0.29, 0.717) is 10.6 Å². The van der Waals surface area contributed by atoms with Crippen LogP contribution in [-0.4, -0.2) is 19.7 Å². The van der Waals surface area contributed by atoms with Gasteiger partial charge in [-0.05, 0) is 61.0 Å². The van der Waals surface area contributed by atoms with E-state index in [0.717, 1.165) is 31.7 Å². The molecule has 0 spiro atoms. The summed E-state index contributed by atoms with van der Waals surface area (Å²) >= 11 is 14.2. The molecule has 0 fully saturated rings. The van der Waals surface area contributed by atoms with Crippen molar-refractivity contribution in [2.45, 2.75) is 6.92 Å². The van der Waals surface area contributed by atoms with Gasteiger partial charge in [0, 0.05) is 5.39 Å². The number of nitriles is 2. The third kappa shape index (κ3) is 4.57. The molecule has 5 rings (SSSR count). The van der Waals surface area contributed by atoms with E-state index in [2.05, 4.69) is 11.2 Å². The summed E-state index contributed by atoms with van der Waals surface area (Å²) in [5, 5.41) is 22.9. The van der Waals surface area contributed by atoms with E-state index in [4.69, 9.17) is 43.4 Å². The molecule has 0 saturated heterocycles. The third-order valence-electron chi connectivity index (χ3n) is 5.34. The summed E-state index contributed by atoms with van der Waals surface area (Å²) in [6.07, 6.45) is 0. The molecule has 180 valence electrons. The summed E-state index contributed by atoms with van der Waals surface area (Å²) in [5.41, 5.74) is 0.390. The highest BCUT2D eigenvalue weighted by atomic mass is 35.5. The fraction of sp³-hybridized carbons (Fsp3) is 0.0400. The molecule has 2 aromatic carbocycles. The lowest BCUT2D eigenvalue weighted by Gasteiger charge is -2.13. The average Bonchev–Trinajstić information content (AvgIpc) is 3.36. The largest absolute Gasteiger partial charge is 0.454 e. The number of aryl methyl sites for hydroxylation is 1. The Morgan fingerprint density at radius 1 is 1.03 bits per heavy atom. The van der Waals surface area contributed by atoms with Crippen LogP contribution >= 0.6 is 34.5 Å². The third-order valence-corrected chi connectivity index (χ3v) is 6.91. The summed E-state index contributed by atoms with van der Waals surface area (Å²) in [6.45, 7) is 1.95. The molecule has 0 saturated carbocycles. The first-order valence-electron chi connectivity index (χ1n) is 10.5. The molecule has 3 aromatic heterocycles. The van der Waals surface area contributed by atoms with Crippen LogP contribution in [0, 0.1) is 29.6 Å². The molecule has 3 heterocycles. The first-order valence-corrected chi connectivity index (χ1v) is 12.1. The van der Waals surface area contributed by atoms with E-state index in [1.807, 2.05) is 36.2 Å². The Kier molecular flexibility index (Phi) is 6.24. The zero-order valence-corrected chi connectivity index (χ0v) is 21.1. The molecule has 0 atom stereocenters. The molecule has 37 heavy (non-hydrogen) atoms. The quantitative estimate of drug-likeness (QED) is 0.320. The Hall–Kier alpha value is -4.48. The SMILES string of the molecule is Cc1cc(-c2ccc(C#N)s2)nc2ccc(Oc3c(Cl)cc(-n4nc(C#N)c(=O)[nH]c4=O)cc3Cl)cc12. The highest BCUT2D eigenvalue weighted by molar-refractivity contribution is 7.15. The molecule has 12 heteroatoms. The number of aromatic nitrogens is 4. The fourth-order valence-electron chi connectivity index (χ4n) is 3.63. The monoisotopic (exact) mass is 546 g/mol. The van der Waals surface area contributed by atoms with Gasteiger partial charge < -0.3 is 4.74 Å². The molecule has 0 unspecified atom stereocenters. The van der Waals surface area contributed by atoms with Gasteiger partial charge in [-0.3, -0.25) is 9.78 Å². The minimum absolute atomic E-state index is 0.0807. The van der Waals surface area contributed by atoms with Crippen molar-refractivity contribution in [2.24, 2.45) is 0 Å². The Labute approximate surface area is 222 Å². The number of nitrogens with zero attached hydrogens (tertiary/aromatic N) is 5. The van der Waals surface area contributed by atoms with Crippen LogP contribution in [0.2, 0.25) is 10.0 Å². The zero-order chi connectivity index (χ0) is 26.3. The van der Waals surface area contributed by atoms with E-state index < -0.39 is 16.9 Å². The van der Waals surface area contributed by atoms with Crippen LogP contribution in [0.1, 0.15) is 16.1 Å².